The minimum Gasteiger partial charge on any atom is -0.211 e. The number of isocyanates is 2. The third-order valence-electron chi connectivity index (χ3n) is 2.21. The Morgan fingerprint density at radius 3 is 1.96 bits per heavy atom. The molecule has 0 amide bonds. The monoisotopic (exact) mass is 508 g/mol. The fraction of sp³-hybridized carbons (Fsp3) is 0. The van der Waals surface area contributed by atoms with Crippen molar-refractivity contribution in [2.45, 2.75) is 0 Å². The summed E-state index contributed by atoms with van der Waals surface area (Å²) in [6.45, 7) is 0. The van der Waals surface area contributed by atoms with Crippen molar-refractivity contribution in [3.8, 4) is 0 Å². The zero-order valence-corrected chi connectivity index (χ0v) is 15.7. The van der Waals surface area contributed by atoms with Gasteiger partial charge in [0.2, 0.25) is 12.2 Å². The molecule has 0 aliphatic heterocycles. The van der Waals surface area contributed by atoms with Gasteiger partial charge >= 0.3 is 0 Å². The van der Waals surface area contributed by atoms with Gasteiger partial charge in [-0.1, -0.05) is 15.9 Å². The van der Waals surface area contributed by atoms with E-state index in [0.29, 0.717) is 5.69 Å². The first-order chi connectivity index (χ1) is 10.9. The molecule has 0 heterocycles. The van der Waals surface area contributed by atoms with Crippen molar-refractivity contribution in [2.24, 2.45) is 9.98 Å². The number of hydrogen-bond donors (Lipinski definition) is 0. The second-order valence-corrected chi connectivity index (χ2v) is 6.34. The van der Waals surface area contributed by atoms with E-state index in [1.54, 1.807) is 12.1 Å². The van der Waals surface area contributed by atoms with Gasteiger partial charge in [-0.2, -0.15) is 9.98 Å². The molecule has 4 nitrogen and oxygen atoms in total. The second-order valence-electron chi connectivity index (χ2n) is 3.72. The van der Waals surface area contributed by atoms with Gasteiger partial charge in [0.25, 0.3) is 0 Å². The molecule has 0 bridgehead atoms. The highest BCUT2D eigenvalue weighted by Crippen LogP contribution is 2.36. The molecule has 0 unspecified atom stereocenters. The van der Waals surface area contributed by atoms with Gasteiger partial charge in [0.1, 0.15) is 23.0 Å². The van der Waals surface area contributed by atoms with Gasteiger partial charge in [-0.25, -0.2) is 18.4 Å². The zero-order chi connectivity index (χ0) is 17.4. The van der Waals surface area contributed by atoms with Gasteiger partial charge in [0.15, 0.2) is 0 Å². The molecule has 0 atom stereocenters. The van der Waals surface area contributed by atoms with Gasteiger partial charge in [-0.15, -0.1) is 0 Å². The van der Waals surface area contributed by atoms with Gasteiger partial charge in [-0.3, -0.25) is 0 Å². The minimum absolute atomic E-state index is 0.333. The topological polar surface area (TPSA) is 58.9 Å². The van der Waals surface area contributed by atoms with Gasteiger partial charge in [0, 0.05) is 19.5 Å². The molecule has 2 aromatic carbocycles. The number of carbonyl (C=O) groups excluding carboxylic acids is 2. The lowest BCUT2D eigenvalue weighted by molar-refractivity contribution is 0.563. The summed E-state index contributed by atoms with van der Waals surface area (Å²) in [5.74, 6) is -1.38. The van der Waals surface area contributed by atoms with E-state index in [0.717, 1.165) is 37.7 Å². The third kappa shape index (κ3) is 6.25. The predicted octanol–water partition coefficient (Wildman–Crippen LogP) is 5.87. The van der Waals surface area contributed by atoms with Crippen LogP contribution in [0.1, 0.15) is 0 Å². The number of rotatable bonds is 2. The van der Waals surface area contributed by atoms with E-state index in [4.69, 9.17) is 0 Å². The highest BCUT2D eigenvalue weighted by molar-refractivity contribution is 9.11. The number of aliphatic imine (C=N–C) groups is 2. The second kappa shape index (κ2) is 9.60. The molecule has 0 aromatic heterocycles. The Hall–Kier alpha value is -1.50. The van der Waals surface area contributed by atoms with Crippen LogP contribution in [0.4, 0.5) is 20.2 Å². The molecular weight excluding hydrogens is 506 g/mol. The Morgan fingerprint density at radius 2 is 1.43 bits per heavy atom. The molecule has 0 fully saturated rings. The first kappa shape index (κ1) is 19.5. The van der Waals surface area contributed by atoms with Crippen LogP contribution in [0.15, 0.2) is 53.7 Å². The fourth-order valence-electron chi connectivity index (χ4n) is 1.31. The molecule has 9 heteroatoms. The van der Waals surface area contributed by atoms with E-state index >= 15 is 0 Å². The maximum atomic E-state index is 12.5. The average Bonchev–Trinajstić information content (AvgIpc) is 2.48. The van der Waals surface area contributed by atoms with Crippen LogP contribution in [0.3, 0.4) is 0 Å². The maximum Gasteiger partial charge on any atom is 0.240 e. The predicted molar refractivity (Wildman–Crippen MR) is 91.5 cm³/mol. The van der Waals surface area contributed by atoms with Gasteiger partial charge in [0.05, 0.1) is 0 Å². The van der Waals surface area contributed by atoms with E-state index in [1.807, 2.05) is 0 Å². The largest absolute Gasteiger partial charge is 0.240 e. The molecule has 0 spiro atoms. The molecule has 118 valence electrons. The Morgan fingerprint density at radius 1 is 0.870 bits per heavy atom. The number of hydrogen-bond acceptors (Lipinski definition) is 4. The normalized spacial score (nSPS) is 9.09. The van der Waals surface area contributed by atoms with Crippen molar-refractivity contribution < 1.29 is 18.4 Å². The molecule has 23 heavy (non-hydrogen) atoms. The third-order valence-corrected chi connectivity index (χ3v) is 3.88. The van der Waals surface area contributed by atoms with Crippen molar-refractivity contribution >= 4 is 71.3 Å². The summed E-state index contributed by atoms with van der Waals surface area (Å²) in [7, 11) is 0. The quantitative estimate of drug-likeness (QED) is 0.374. The van der Waals surface area contributed by atoms with Crippen LogP contribution >= 0.6 is 47.8 Å². The summed E-state index contributed by atoms with van der Waals surface area (Å²) >= 11 is 9.83. The lowest BCUT2D eigenvalue weighted by Crippen LogP contribution is -1.77. The minimum atomic E-state index is -0.741. The SMILES string of the molecule is O=C=Nc1c(Br)cc(Br)cc1Br.O=C=Nc1cc(F)ccc1F. The molecule has 0 N–H and O–H groups in total. The maximum absolute atomic E-state index is 12.5. The van der Waals surface area contributed by atoms with Crippen molar-refractivity contribution in [2.75, 3.05) is 0 Å². The van der Waals surface area contributed by atoms with Crippen molar-refractivity contribution in [1.29, 1.82) is 0 Å². The highest BCUT2D eigenvalue weighted by Gasteiger charge is 2.04. The molecular formula is C14H5Br3F2N2O2. The highest BCUT2D eigenvalue weighted by atomic mass is 79.9. The van der Waals surface area contributed by atoms with E-state index in [2.05, 4.69) is 57.8 Å². The first-order valence-corrected chi connectivity index (χ1v) is 8.02. The Labute approximate surface area is 154 Å². The molecule has 0 saturated carbocycles. The first-order valence-electron chi connectivity index (χ1n) is 5.64. The van der Waals surface area contributed by atoms with Crippen LogP contribution < -0.4 is 0 Å². The average molecular weight is 511 g/mol. The molecule has 0 aliphatic carbocycles. The Kier molecular flexibility index (Phi) is 8.16. The Balaban J connectivity index is 0.000000231. The number of halogens is 5. The number of benzene rings is 2. The van der Waals surface area contributed by atoms with Crippen LogP contribution in [0, 0.1) is 11.6 Å². The van der Waals surface area contributed by atoms with Crippen LogP contribution in [0.5, 0.6) is 0 Å². The molecule has 0 radical (unpaired) electrons. The fourth-order valence-corrected chi connectivity index (χ4v) is 3.74. The van der Waals surface area contributed by atoms with Crippen molar-refractivity contribution in [3.05, 3.63) is 55.4 Å². The molecule has 0 aliphatic rings. The zero-order valence-electron chi connectivity index (χ0n) is 11.0. The lowest BCUT2D eigenvalue weighted by Gasteiger charge is -1.99. The lowest BCUT2D eigenvalue weighted by atomic mass is 10.3. The van der Waals surface area contributed by atoms with Crippen molar-refractivity contribution in [1.82, 2.24) is 0 Å². The van der Waals surface area contributed by atoms with Gasteiger partial charge in [-0.05, 0) is 56.1 Å². The van der Waals surface area contributed by atoms with Crippen LogP contribution in [0.2, 0.25) is 0 Å². The summed E-state index contributed by atoms with van der Waals surface area (Å²) in [5.41, 5.74) is 0.216. The summed E-state index contributed by atoms with van der Waals surface area (Å²) in [6, 6.07) is 6.27. The van der Waals surface area contributed by atoms with Crippen LogP contribution in [-0.2, 0) is 9.59 Å². The Bertz CT molecular complexity index is 795. The van der Waals surface area contributed by atoms with E-state index in [9.17, 15) is 18.4 Å². The summed E-state index contributed by atoms with van der Waals surface area (Å²) in [6.07, 6.45) is 2.61. The number of nitrogens with zero attached hydrogens (tertiary/aromatic N) is 2. The molecule has 2 aromatic rings. The van der Waals surface area contributed by atoms with Crippen LogP contribution in [-0.4, -0.2) is 12.2 Å². The molecule has 0 saturated heterocycles. The summed E-state index contributed by atoms with van der Waals surface area (Å²) in [4.78, 5) is 26.1. The van der Waals surface area contributed by atoms with E-state index < -0.39 is 11.6 Å². The standard InChI is InChI=1S/C7H2Br3NO.C7H3F2NO/c8-4-1-5(9)7(11-3-12)6(10)2-4;8-5-1-2-6(9)7(3-5)10-4-11/h1-2H;1-3H. The summed E-state index contributed by atoms with van der Waals surface area (Å²) < 4.78 is 27.2. The molecule has 2 rings (SSSR count). The van der Waals surface area contributed by atoms with Crippen molar-refractivity contribution in [3.63, 3.8) is 0 Å². The van der Waals surface area contributed by atoms with Gasteiger partial charge < -0.3 is 0 Å². The summed E-state index contributed by atoms with van der Waals surface area (Å²) in [5, 5.41) is 0. The van der Waals surface area contributed by atoms with E-state index in [-0.39, 0.29) is 5.69 Å². The van der Waals surface area contributed by atoms with E-state index in [1.165, 1.54) is 6.08 Å². The smallest absolute Gasteiger partial charge is 0.211 e. The van der Waals surface area contributed by atoms with Crippen LogP contribution in [0.25, 0.3) is 0 Å².